The number of hydrogen-bond donors (Lipinski definition) is 1. The zero-order chi connectivity index (χ0) is 17.4. The summed E-state index contributed by atoms with van der Waals surface area (Å²) in [7, 11) is 0. The molecule has 0 saturated carbocycles. The van der Waals surface area contributed by atoms with Gasteiger partial charge in [-0.3, -0.25) is 9.59 Å². The van der Waals surface area contributed by atoms with E-state index in [1.54, 1.807) is 0 Å². The molecule has 2 aromatic rings. The van der Waals surface area contributed by atoms with Gasteiger partial charge in [0, 0.05) is 28.6 Å². The smallest absolute Gasteiger partial charge is 0.259 e. The van der Waals surface area contributed by atoms with Crippen LogP contribution in [0.25, 0.3) is 10.8 Å². The zero-order valence-corrected chi connectivity index (χ0v) is 14.0. The van der Waals surface area contributed by atoms with Gasteiger partial charge in [0.2, 0.25) is 5.91 Å². The first-order chi connectivity index (χ1) is 12.2. The lowest BCUT2D eigenvalue weighted by Gasteiger charge is -2.27. The van der Waals surface area contributed by atoms with Crippen LogP contribution in [0.1, 0.15) is 29.6 Å². The molecule has 2 heterocycles. The number of ether oxygens (including phenoxy) is 1. The third-order valence-electron chi connectivity index (χ3n) is 4.89. The number of benzene rings is 2. The highest BCUT2D eigenvalue weighted by Gasteiger charge is 2.32. The van der Waals surface area contributed by atoms with Gasteiger partial charge < -0.3 is 15.0 Å². The molecule has 1 fully saturated rings. The predicted octanol–water partition coefficient (Wildman–Crippen LogP) is 3.49. The van der Waals surface area contributed by atoms with E-state index in [1.165, 1.54) is 6.08 Å². The number of carbonyl (C=O) groups excluding carboxylic acids is 2. The maximum Gasteiger partial charge on any atom is 0.259 e. The fourth-order valence-electron chi connectivity index (χ4n) is 3.68. The first-order valence-corrected chi connectivity index (χ1v) is 8.61. The molecule has 0 radical (unpaired) electrons. The number of anilines is 2. The molecule has 2 aliphatic rings. The van der Waals surface area contributed by atoms with Gasteiger partial charge in [-0.2, -0.15) is 0 Å². The Balaban J connectivity index is 1.74. The summed E-state index contributed by atoms with van der Waals surface area (Å²) in [5.41, 5.74) is 2.26. The Hall–Kier alpha value is -2.66. The van der Waals surface area contributed by atoms with Gasteiger partial charge in [-0.05, 0) is 43.5 Å². The van der Waals surface area contributed by atoms with Gasteiger partial charge in [0.1, 0.15) is 0 Å². The van der Waals surface area contributed by atoms with E-state index in [2.05, 4.69) is 11.9 Å². The number of hydrogen-bond acceptors (Lipinski definition) is 3. The second kappa shape index (κ2) is 6.33. The fourth-order valence-corrected chi connectivity index (χ4v) is 3.68. The Kier molecular flexibility index (Phi) is 4.01. The van der Waals surface area contributed by atoms with Crippen molar-refractivity contribution in [1.29, 1.82) is 0 Å². The van der Waals surface area contributed by atoms with Crippen molar-refractivity contribution in [3.8, 4) is 0 Å². The average molecular weight is 336 g/mol. The Labute approximate surface area is 146 Å². The monoisotopic (exact) mass is 336 g/mol. The van der Waals surface area contributed by atoms with Crippen LogP contribution in [0.2, 0.25) is 0 Å². The lowest BCUT2D eigenvalue weighted by atomic mass is 10.0. The van der Waals surface area contributed by atoms with E-state index in [9.17, 15) is 9.59 Å². The summed E-state index contributed by atoms with van der Waals surface area (Å²) in [5.74, 6) is -0.264. The second-order valence-corrected chi connectivity index (χ2v) is 6.46. The van der Waals surface area contributed by atoms with Crippen LogP contribution in [0, 0.1) is 0 Å². The third-order valence-corrected chi connectivity index (χ3v) is 4.89. The zero-order valence-electron chi connectivity index (χ0n) is 14.0. The number of rotatable bonds is 4. The summed E-state index contributed by atoms with van der Waals surface area (Å²) in [5, 5.41) is 4.58. The number of nitrogens with zero attached hydrogens (tertiary/aromatic N) is 1. The molecule has 0 aromatic heterocycles. The van der Waals surface area contributed by atoms with E-state index in [0.29, 0.717) is 17.8 Å². The van der Waals surface area contributed by atoms with Crippen LogP contribution >= 0.6 is 0 Å². The molecule has 2 aromatic carbocycles. The number of nitrogens with one attached hydrogen (secondary N) is 1. The highest BCUT2D eigenvalue weighted by Crippen LogP contribution is 2.41. The van der Waals surface area contributed by atoms with Crippen molar-refractivity contribution in [2.45, 2.75) is 25.4 Å². The van der Waals surface area contributed by atoms with Crippen LogP contribution in [0.15, 0.2) is 43.0 Å². The molecule has 25 heavy (non-hydrogen) atoms. The molecule has 0 aliphatic carbocycles. The number of carbonyl (C=O) groups is 2. The molecule has 2 amide bonds. The van der Waals surface area contributed by atoms with Gasteiger partial charge in [-0.15, -0.1) is 0 Å². The number of amides is 2. The topological polar surface area (TPSA) is 58.6 Å². The standard InChI is InChI=1S/C20H20N2O3/c1-2-18(23)21-16-9-10-17-19-14(16)7-5-8-15(19)20(24)22(17)12-13-6-3-4-11-25-13/h2,5,7-10,13H,1,3-4,6,11-12H2,(H,21,23). The molecule has 1 unspecified atom stereocenters. The van der Waals surface area contributed by atoms with Crippen molar-refractivity contribution in [2.24, 2.45) is 0 Å². The van der Waals surface area contributed by atoms with Crippen LogP contribution in [-0.4, -0.2) is 31.1 Å². The maximum absolute atomic E-state index is 12.9. The van der Waals surface area contributed by atoms with Crippen molar-refractivity contribution in [2.75, 3.05) is 23.4 Å². The first-order valence-electron chi connectivity index (χ1n) is 8.61. The van der Waals surface area contributed by atoms with E-state index in [4.69, 9.17) is 4.74 Å². The van der Waals surface area contributed by atoms with Crippen LogP contribution in [0.3, 0.4) is 0 Å². The highest BCUT2D eigenvalue weighted by molar-refractivity contribution is 6.27. The lowest BCUT2D eigenvalue weighted by Crippen LogP contribution is -2.37. The van der Waals surface area contributed by atoms with Crippen LogP contribution in [0.4, 0.5) is 11.4 Å². The Morgan fingerprint density at radius 3 is 2.96 bits per heavy atom. The van der Waals surface area contributed by atoms with Gasteiger partial charge in [0.15, 0.2) is 0 Å². The SMILES string of the molecule is C=CC(=O)Nc1ccc2c3c(cccc13)C(=O)N2CC1CCCCO1. The Morgan fingerprint density at radius 2 is 2.20 bits per heavy atom. The van der Waals surface area contributed by atoms with Crippen molar-refractivity contribution >= 4 is 34.0 Å². The molecule has 1 N–H and O–H groups in total. The van der Waals surface area contributed by atoms with Gasteiger partial charge in [-0.1, -0.05) is 18.7 Å². The molecule has 128 valence electrons. The molecular weight excluding hydrogens is 316 g/mol. The van der Waals surface area contributed by atoms with Gasteiger partial charge in [0.25, 0.3) is 5.91 Å². The van der Waals surface area contributed by atoms with Gasteiger partial charge in [-0.25, -0.2) is 0 Å². The Bertz CT molecular complexity index is 869. The van der Waals surface area contributed by atoms with E-state index >= 15 is 0 Å². The first kappa shape index (κ1) is 15.8. The summed E-state index contributed by atoms with van der Waals surface area (Å²) in [4.78, 5) is 26.4. The molecule has 1 saturated heterocycles. The molecule has 1 atom stereocenters. The van der Waals surface area contributed by atoms with E-state index in [1.807, 2.05) is 35.2 Å². The summed E-state index contributed by atoms with van der Waals surface area (Å²) in [6, 6.07) is 9.36. The van der Waals surface area contributed by atoms with E-state index in [-0.39, 0.29) is 17.9 Å². The predicted molar refractivity (Wildman–Crippen MR) is 98.0 cm³/mol. The normalized spacial score (nSPS) is 19.3. The van der Waals surface area contributed by atoms with Crippen molar-refractivity contribution < 1.29 is 14.3 Å². The molecule has 5 heteroatoms. The summed E-state index contributed by atoms with van der Waals surface area (Å²) in [6.07, 6.45) is 4.54. The minimum absolute atomic E-state index is 0.00182. The van der Waals surface area contributed by atoms with Crippen molar-refractivity contribution in [3.05, 3.63) is 48.6 Å². The Morgan fingerprint density at radius 1 is 1.32 bits per heavy atom. The van der Waals surface area contributed by atoms with Crippen molar-refractivity contribution in [3.63, 3.8) is 0 Å². The molecule has 0 spiro atoms. The van der Waals surface area contributed by atoms with E-state index < -0.39 is 0 Å². The van der Waals surface area contributed by atoms with E-state index in [0.717, 1.165) is 42.3 Å². The summed E-state index contributed by atoms with van der Waals surface area (Å²) >= 11 is 0. The van der Waals surface area contributed by atoms with Crippen LogP contribution < -0.4 is 10.2 Å². The minimum Gasteiger partial charge on any atom is -0.376 e. The molecule has 4 rings (SSSR count). The van der Waals surface area contributed by atoms with Crippen LogP contribution in [-0.2, 0) is 9.53 Å². The average Bonchev–Trinajstić information content (AvgIpc) is 2.92. The van der Waals surface area contributed by atoms with Crippen molar-refractivity contribution in [1.82, 2.24) is 0 Å². The van der Waals surface area contributed by atoms with Gasteiger partial charge in [0.05, 0.1) is 18.3 Å². The van der Waals surface area contributed by atoms with Crippen LogP contribution in [0.5, 0.6) is 0 Å². The molecule has 0 bridgehead atoms. The fraction of sp³-hybridized carbons (Fsp3) is 0.300. The molecular formula is C20H20N2O3. The largest absolute Gasteiger partial charge is 0.376 e. The second-order valence-electron chi connectivity index (χ2n) is 6.46. The quantitative estimate of drug-likeness (QED) is 0.870. The molecule has 5 nitrogen and oxygen atoms in total. The lowest BCUT2D eigenvalue weighted by molar-refractivity contribution is -0.111. The maximum atomic E-state index is 12.9. The third kappa shape index (κ3) is 2.70. The summed E-state index contributed by atoms with van der Waals surface area (Å²) in [6.45, 7) is 4.82. The molecule has 2 aliphatic heterocycles. The minimum atomic E-state index is -0.266. The summed E-state index contributed by atoms with van der Waals surface area (Å²) < 4.78 is 5.81. The van der Waals surface area contributed by atoms with Gasteiger partial charge >= 0.3 is 0 Å². The highest BCUT2D eigenvalue weighted by atomic mass is 16.5.